The van der Waals surface area contributed by atoms with Crippen molar-refractivity contribution in [2.24, 2.45) is 0 Å². The molecule has 2 aromatic rings. The van der Waals surface area contributed by atoms with Crippen LogP contribution in [0.5, 0.6) is 0 Å². The fraction of sp³-hybridized carbons (Fsp3) is 0.500. The van der Waals surface area contributed by atoms with Crippen LogP contribution in [0.3, 0.4) is 0 Å². The Hall–Kier alpha value is -1.83. The van der Waals surface area contributed by atoms with E-state index in [0.29, 0.717) is 24.9 Å². The number of carbonyl (C=O) groups excluding carboxylic acids is 1. The molecule has 1 amide bonds. The Bertz CT molecular complexity index is 849. The van der Waals surface area contributed by atoms with Crippen molar-refractivity contribution in [2.45, 2.75) is 27.7 Å². The molecule has 1 aliphatic heterocycles. The van der Waals surface area contributed by atoms with Crippen molar-refractivity contribution >= 4 is 45.0 Å². The summed E-state index contributed by atoms with van der Waals surface area (Å²) in [6.45, 7) is 12.5. The number of fused-ring (bicyclic) bond motifs is 1. The summed E-state index contributed by atoms with van der Waals surface area (Å²) in [4.78, 5) is 21.9. The lowest BCUT2D eigenvalue weighted by Crippen LogP contribution is -2.40. The van der Waals surface area contributed by atoms with Gasteiger partial charge in [-0.05, 0) is 44.1 Å². The van der Waals surface area contributed by atoms with Crippen molar-refractivity contribution in [3.63, 3.8) is 0 Å². The summed E-state index contributed by atoms with van der Waals surface area (Å²) >= 11 is 1.54. The number of halogens is 1. The normalized spacial score (nSPS) is 13.5. The molecule has 0 saturated carbocycles. The number of amides is 1. The van der Waals surface area contributed by atoms with E-state index < -0.39 is 0 Å². The smallest absolute Gasteiger partial charge is 0.298 e. The quantitative estimate of drug-likeness (QED) is 0.673. The summed E-state index contributed by atoms with van der Waals surface area (Å²) in [7, 11) is 0. The second-order valence-electron chi connectivity index (χ2n) is 6.61. The van der Waals surface area contributed by atoms with Crippen molar-refractivity contribution < 1.29 is 14.3 Å². The molecular weight excluding hydrogens is 398 g/mol. The standard InChI is InChI=1S/C20H27N3O3S.ClH/c1-5-22(6-2)7-8-23(19(24)16-13-25-9-10-26-16)20-21-18-15(4)11-14(3)12-17(18)27-20;/h11-13H,5-10H2,1-4H3;1H. The van der Waals surface area contributed by atoms with Gasteiger partial charge in [0.25, 0.3) is 5.91 Å². The number of aryl methyl sites for hydroxylation is 2. The first-order valence-electron chi connectivity index (χ1n) is 9.40. The SMILES string of the molecule is CCN(CC)CCN(C(=O)C1=COCCO1)c1nc2c(C)cc(C)cc2s1.Cl. The predicted molar refractivity (Wildman–Crippen MR) is 116 cm³/mol. The molecule has 1 aliphatic rings. The molecule has 3 rings (SSSR count). The first kappa shape index (κ1) is 22.5. The first-order chi connectivity index (χ1) is 13.0. The third-order valence-corrected chi connectivity index (χ3v) is 5.71. The maximum absolute atomic E-state index is 13.1. The molecule has 1 aromatic carbocycles. The highest BCUT2D eigenvalue weighted by Crippen LogP contribution is 2.32. The summed E-state index contributed by atoms with van der Waals surface area (Å²) in [6.07, 6.45) is 1.42. The summed E-state index contributed by atoms with van der Waals surface area (Å²) < 4.78 is 11.9. The van der Waals surface area contributed by atoms with Crippen molar-refractivity contribution in [3.05, 3.63) is 35.3 Å². The Morgan fingerprint density at radius 1 is 1.18 bits per heavy atom. The number of thiazole rings is 1. The molecule has 0 radical (unpaired) electrons. The summed E-state index contributed by atoms with van der Waals surface area (Å²) in [5.74, 6) is 0.0447. The van der Waals surface area contributed by atoms with Gasteiger partial charge in [-0.15, -0.1) is 12.4 Å². The number of aromatic nitrogens is 1. The van der Waals surface area contributed by atoms with E-state index in [1.165, 1.54) is 11.8 Å². The fourth-order valence-corrected chi connectivity index (χ4v) is 4.32. The van der Waals surface area contributed by atoms with Gasteiger partial charge in [-0.1, -0.05) is 31.3 Å². The van der Waals surface area contributed by atoms with E-state index in [9.17, 15) is 4.79 Å². The van der Waals surface area contributed by atoms with Gasteiger partial charge >= 0.3 is 0 Å². The summed E-state index contributed by atoms with van der Waals surface area (Å²) in [5, 5.41) is 0.700. The molecule has 0 N–H and O–H groups in total. The number of anilines is 1. The van der Waals surface area contributed by atoms with Gasteiger partial charge in [-0.3, -0.25) is 9.69 Å². The largest absolute Gasteiger partial charge is 0.494 e. The molecule has 0 unspecified atom stereocenters. The van der Waals surface area contributed by atoms with E-state index in [1.54, 1.807) is 16.2 Å². The Morgan fingerprint density at radius 2 is 1.93 bits per heavy atom. The minimum absolute atomic E-state index is 0. The summed E-state index contributed by atoms with van der Waals surface area (Å²) in [6, 6.07) is 4.24. The average molecular weight is 426 g/mol. The number of benzene rings is 1. The minimum atomic E-state index is -0.199. The molecule has 0 bridgehead atoms. The molecule has 1 aromatic heterocycles. The Balaban J connectivity index is 0.00000280. The maximum Gasteiger partial charge on any atom is 0.298 e. The monoisotopic (exact) mass is 425 g/mol. The predicted octanol–water partition coefficient (Wildman–Crippen LogP) is 3.90. The zero-order chi connectivity index (χ0) is 19.4. The Morgan fingerprint density at radius 3 is 2.57 bits per heavy atom. The number of ether oxygens (including phenoxy) is 2. The van der Waals surface area contributed by atoms with Crippen molar-refractivity contribution in [1.29, 1.82) is 0 Å². The van der Waals surface area contributed by atoms with Gasteiger partial charge in [-0.2, -0.15) is 0 Å². The molecule has 0 atom stereocenters. The third-order valence-electron chi connectivity index (χ3n) is 4.69. The van der Waals surface area contributed by atoms with E-state index in [-0.39, 0.29) is 24.1 Å². The van der Waals surface area contributed by atoms with Crippen molar-refractivity contribution in [1.82, 2.24) is 9.88 Å². The number of hydrogen-bond donors (Lipinski definition) is 0. The molecule has 28 heavy (non-hydrogen) atoms. The van der Waals surface area contributed by atoms with Gasteiger partial charge in [-0.25, -0.2) is 4.98 Å². The van der Waals surface area contributed by atoms with Crippen LogP contribution in [-0.4, -0.2) is 55.2 Å². The lowest BCUT2D eigenvalue weighted by Gasteiger charge is -2.26. The van der Waals surface area contributed by atoms with Gasteiger partial charge < -0.3 is 14.4 Å². The highest BCUT2D eigenvalue weighted by Gasteiger charge is 2.26. The molecule has 2 heterocycles. The van der Waals surface area contributed by atoms with Crippen molar-refractivity contribution in [3.8, 4) is 0 Å². The van der Waals surface area contributed by atoms with Gasteiger partial charge in [0.05, 0.1) is 10.2 Å². The van der Waals surface area contributed by atoms with Gasteiger partial charge in [0.15, 0.2) is 5.13 Å². The molecular formula is C20H28ClN3O3S. The molecule has 0 spiro atoms. The van der Waals surface area contributed by atoms with E-state index >= 15 is 0 Å². The average Bonchev–Trinajstić information content (AvgIpc) is 3.09. The first-order valence-corrected chi connectivity index (χ1v) is 10.2. The zero-order valence-corrected chi connectivity index (χ0v) is 18.5. The lowest BCUT2D eigenvalue weighted by atomic mass is 10.1. The van der Waals surface area contributed by atoms with Crippen LogP contribution < -0.4 is 4.90 Å². The minimum Gasteiger partial charge on any atom is -0.494 e. The number of likely N-dealkylation sites (N-methyl/N-ethyl adjacent to an activating group) is 1. The number of rotatable bonds is 7. The van der Waals surface area contributed by atoms with Crippen LogP contribution in [0.4, 0.5) is 5.13 Å². The van der Waals surface area contributed by atoms with E-state index in [4.69, 9.17) is 14.5 Å². The van der Waals surface area contributed by atoms with Gasteiger partial charge in [0, 0.05) is 13.1 Å². The molecule has 8 heteroatoms. The zero-order valence-electron chi connectivity index (χ0n) is 16.9. The van der Waals surface area contributed by atoms with Gasteiger partial charge in [0.1, 0.15) is 19.5 Å². The number of hydrogen-bond acceptors (Lipinski definition) is 6. The Kier molecular flexibility index (Phi) is 8.10. The highest BCUT2D eigenvalue weighted by molar-refractivity contribution is 7.22. The molecule has 6 nitrogen and oxygen atoms in total. The van der Waals surface area contributed by atoms with Crippen LogP contribution >= 0.6 is 23.7 Å². The summed E-state index contributed by atoms with van der Waals surface area (Å²) in [5.41, 5.74) is 3.28. The van der Waals surface area contributed by atoms with Crippen LogP contribution in [0.15, 0.2) is 24.2 Å². The number of nitrogens with zero attached hydrogens (tertiary/aromatic N) is 3. The van der Waals surface area contributed by atoms with Crippen molar-refractivity contribution in [2.75, 3.05) is 44.3 Å². The van der Waals surface area contributed by atoms with E-state index in [0.717, 1.165) is 35.4 Å². The topological polar surface area (TPSA) is 54.9 Å². The second kappa shape index (κ2) is 10.1. The van der Waals surface area contributed by atoms with Gasteiger partial charge in [0.2, 0.25) is 5.76 Å². The lowest BCUT2D eigenvalue weighted by molar-refractivity contribution is -0.119. The second-order valence-corrected chi connectivity index (χ2v) is 7.62. The molecule has 0 fully saturated rings. The van der Waals surface area contributed by atoms with Crippen LogP contribution in [0.2, 0.25) is 0 Å². The Labute approximate surface area is 176 Å². The van der Waals surface area contributed by atoms with Crippen LogP contribution in [-0.2, 0) is 14.3 Å². The highest BCUT2D eigenvalue weighted by atomic mass is 35.5. The maximum atomic E-state index is 13.1. The van der Waals surface area contributed by atoms with E-state index in [2.05, 4.69) is 44.7 Å². The van der Waals surface area contributed by atoms with Crippen LogP contribution in [0.1, 0.15) is 25.0 Å². The molecule has 0 aliphatic carbocycles. The molecule has 154 valence electrons. The third kappa shape index (κ3) is 4.96. The molecule has 0 saturated heterocycles. The fourth-order valence-electron chi connectivity index (χ4n) is 3.15. The van der Waals surface area contributed by atoms with Crippen LogP contribution in [0, 0.1) is 13.8 Å². The van der Waals surface area contributed by atoms with E-state index in [1.807, 2.05) is 0 Å². The van der Waals surface area contributed by atoms with Crippen LogP contribution in [0.25, 0.3) is 10.2 Å². The number of carbonyl (C=O) groups is 1.